The standard InChI is InChI=1S/C16H28N4OS/c1-12(2)5-6-13-4-3-9-18(13)11-19-16(22)20(14-7-8-14)15(10-21)17-19/h12-14,21H,3-11H2,1-2H3. The predicted octanol–water partition coefficient (Wildman–Crippen LogP) is 3.10. The van der Waals surface area contributed by atoms with E-state index < -0.39 is 0 Å². The van der Waals surface area contributed by atoms with E-state index in [2.05, 4.69) is 28.4 Å². The molecule has 1 aromatic rings. The van der Waals surface area contributed by atoms with Gasteiger partial charge in [-0.15, -0.1) is 0 Å². The lowest BCUT2D eigenvalue weighted by Crippen LogP contribution is -2.32. The van der Waals surface area contributed by atoms with Gasteiger partial charge in [-0.3, -0.25) is 9.47 Å². The molecule has 0 amide bonds. The molecule has 0 bridgehead atoms. The lowest BCUT2D eigenvalue weighted by Gasteiger charge is -2.24. The first-order valence-electron chi connectivity index (χ1n) is 8.63. The minimum atomic E-state index is -0.0239. The van der Waals surface area contributed by atoms with Gasteiger partial charge in [-0.05, 0) is 56.7 Å². The van der Waals surface area contributed by atoms with Crippen molar-refractivity contribution in [3.63, 3.8) is 0 Å². The molecule has 1 N–H and O–H groups in total. The average molecular weight is 324 g/mol. The maximum absolute atomic E-state index is 9.53. The van der Waals surface area contributed by atoms with E-state index in [1.165, 1.54) is 25.7 Å². The lowest BCUT2D eigenvalue weighted by molar-refractivity contribution is 0.174. The summed E-state index contributed by atoms with van der Waals surface area (Å²) in [6, 6.07) is 1.13. The van der Waals surface area contributed by atoms with Crippen LogP contribution in [0.1, 0.15) is 64.2 Å². The highest BCUT2D eigenvalue weighted by atomic mass is 32.1. The molecule has 1 saturated heterocycles. The summed E-state index contributed by atoms with van der Waals surface area (Å²) in [5.41, 5.74) is 0. The highest BCUT2D eigenvalue weighted by Gasteiger charge is 2.30. The first kappa shape index (κ1) is 16.1. The molecular weight excluding hydrogens is 296 g/mol. The average Bonchev–Trinajstić information content (AvgIpc) is 3.14. The van der Waals surface area contributed by atoms with Gasteiger partial charge in [0.05, 0.1) is 6.67 Å². The Hall–Kier alpha value is -0.720. The normalized spacial score (nSPS) is 22.8. The molecule has 1 unspecified atom stereocenters. The van der Waals surface area contributed by atoms with Crippen molar-refractivity contribution in [2.24, 2.45) is 5.92 Å². The van der Waals surface area contributed by atoms with Crippen molar-refractivity contribution in [1.29, 1.82) is 0 Å². The molecule has 1 aromatic heterocycles. The first-order valence-corrected chi connectivity index (χ1v) is 9.04. The van der Waals surface area contributed by atoms with Crippen LogP contribution in [0.2, 0.25) is 0 Å². The van der Waals surface area contributed by atoms with Gasteiger partial charge in [0.1, 0.15) is 6.61 Å². The molecule has 1 aliphatic carbocycles. The zero-order valence-corrected chi connectivity index (χ0v) is 14.6. The third-order valence-corrected chi connectivity index (χ3v) is 5.29. The number of hydrogen-bond acceptors (Lipinski definition) is 4. The second-order valence-electron chi connectivity index (χ2n) is 7.18. The minimum Gasteiger partial charge on any atom is -0.388 e. The fraction of sp³-hybridized carbons (Fsp3) is 0.875. The Morgan fingerprint density at radius 3 is 2.73 bits per heavy atom. The highest BCUT2D eigenvalue weighted by molar-refractivity contribution is 7.71. The SMILES string of the molecule is CC(C)CCC1CCCN1Cn1nc(CO)n(C2CC2)c1=S. The van der Waals surface area contributed by atoms with Crippen LogP contribution in [0.25, 0.3) is 0 Å². The second kappa shape index (κ2) is 6.81. The number of aliphatic hydroxyl groups is 1. The van der Waals surface area contributed by atoms with Crippen LogP contribution >= 0.6 is 12.2 Å². The minimum absolute atomic E-state index is 0.0239. The molecule has 5 nitrogen and oxygen atoms in total. The Balaban J connectivity index is 1.71. The van der Waals surface area contributed by atoms with E-state index in [1.54, 1.807) is 0 Å². The summed E-state index contributed by atoms with van der Waals surface area (Å²) in [6.07, 6.45) is 7.43. The summed E-state index contributed by atoms with van der Waals surface area (Å²) in [5, 5.41) is 14.1. The van der Waals surface area contributed by atoms with Crippen LogP contribution in [0.5, 0.6) is 0 Å². The third-order valence-electron chi connectivity index (χ3n) is 4.89. The summed E-state index contributed by atoms with van der Waals surface area (Å²) in [7, 11) is 0. The number of aromatic nitrogens is 3. The molecule has 2 aliphatic rings. The Labute approximate surface area is 137 Å². The Morgan fingerprint density at radius 1 is 1.32 bits per heavy atom. The van der Waals surface area contributed by atoms with Gasteiger partial charge >= 0.3 is 0 Å². The zero-order valence-electron chi connectivity index (χ0n) is 13.7. The molecule has 1 atom stereocenters. The van der Waals surface area contributed by atoms with E-state index in [-0.39, 0.29) is 6.61 Å². The Bertz CT molecular complexity index is 561. The monoisotopic (exact) mass is 324 g/mol. The van der Waals surface area contributed by atoms with Gasteiger partial charge in [0.25, 0.3) is 0 Å². The van der Waals surface area contributed by atoms with E-state index >= 15 is 0 Å². The van der Waals surface area contributed by atoms with Crippen molar-refractivity contribution in [3.05, 3.63) is 10.6 Å². The molecule has 2 fully saturated rings. The Kier molecular flexibility index (Phi) is 5.00. The van der Waals surface area contributed by atoms with E-state index in [9.17, 15) is 5.11 Å². The fourth-order valence-corrected chi connectivity index (χ4v) is 3.82. The van der Waals surface area contributed by atoms with Crippen LogP contribution in [0.15, 0.2) is 0 Å². The summed E-state index contributed by atoms with van der Waals surface area (Å²) in [6.45, 7) is 6.47. The molecule has 0 spiro atoms. The van der Waals surface area contributed by atoms with Gasteiger partial charge in [0, 0.05) is 18.6 Å². The number of aliphatic hydroxyl groups excluding tert-OH is 1. The van der Waals surface area contributed by atoms with Gasteiger partial charge in [-0.1, -0.05) is 13.8 Å². The summed E-state index contributed by atoms with van der Waals surface area (Å²) >= 11 is 5.60. The van der Waals surface area contributed by atoms with Crippen molar-refractivity contribution in [3.8, 4) is 0 Å². The van der Waals surface area contributed by atoms with Crippen LogP contribution < -0.4 is 0 Å². The van der Waals surface area contributed by atoms with Crippen LogP contribution in [0.3, 0.4) is 0 Å². The van der Waals surface area contributed by atoms with E-state index in [0.717, 1.165) is 42.6 Å². The quantitative estimate of drug-likeness (QED) is 0.783. The number of nitrogens with zero attached hydrogens (tertiary/aromatic N) is 4. The fourth-order valence-electron chi connectivity index (χ4n) is 3.47. The largest absolute Gasteiger partial charge is 0.388 e. The summed E-state index contributed by atoms with van der Waals surface area (Å²) < 4.78 is 4.77. The van der Waals surface area contributed by atoms with Crippen LogP contribution in [-0.4, -0.2) is 36.9 Å². The van der Waals surface area contributed by atoms with Crippen LogP contribution in [0, 0.1) is 10.7 Å². The molecule has 2 heterocycles. The second-order valence-corrected chi connectivity index (χ2v) is 7.54. The molecule has 0 aromatic carbocycles. The van der Waals surface area contributed by atoms with Gasteiger partial charge < -0.3 is 5.11 Å². The van der Waals surface area contributed by atoms with Crippen molar-refractivity contribution in [1.82, 2.24) is 19.2 Å². The third kappa shape index (κ3) is 3.44. The van der Waals surface area contributed by atoms with Crippen molar-refractivity contribution < 1.29 is 5.11 Å². The van der Waals surface area contributed by atoms with Crippen LogP contribution in [-0.2, 0) is 13.3 Å². The zero-order chi connectivity index (χ0) is 15.7. The Morgan fingerprint density at radius 2 is 2.09 bits per heavy atom. The highest BCUT2D eigenvalue weighted by Crippen LogP contribution is 2.36. The first-order chi connectivity index (χ1) is 10.6. The maximum atomic E-state index is 9.53. The van der Waals surface area contributed by atoms with Gasteiger partial charge in [0.15, 0.2) is 10.6 Å². The number of rotatable bonds is 7. The molecule has 0 radical (unpaired) electrons. The summed E-state index contributed by atoms with van der Waals surface area (Å²) in [4.78, 5) is 2.52. The predicted molar refractivity (Wildman–Crippen MR) is 89.0 cm³/mol. The van der Waals surface area contributed by atoms with Crippen molar-refractivity contribution in [2.45, 2.75) is 77.7 Å². The molecule has 3 rings (SSSR count). The molecule has 1 aliphatic heterocycles. The van der Waals surface area contributed by atoms with E-state index in [0.29, 0.717) is 12.1 Å². The maximum Gasteiger partial charge on any atom is 0.199 e. The molecule has 6 heteroatoms. The van der Waals surface area contributed by atoms with Crippen molar-refractivity contribution in [2.75, 3.05) is 6.54 Å². The number of hydrogen-bond donors (Lipinski definition) is 1. The summed E-state index contributed by atoms with van der Waals surface area (Å²) in [5.74, 6) is 1.49. The molecule has 124 valence electrons. The molecule has 22 heavy (non-hydrogen) atoms. The van der Waals surface area contributed by atoms with E-state index in [4.69, 9.17) is 12.2 Å². The molecular formula is C16H28N4OS. The topological polar surface area (TPSA) is 46.2 Å². The van der Waals surface area contributed by atoms with Gasteiger partial charge in [-0.2, -0.15) is 5.10 Å². The van der Waals surface area contributed by atoms with Gasteiger partial charge in [-0.25, -0.2) is 4.68 Å². The lowest BCUT2D eigenvalue weighted by atomic mass is 10.0. The van der Waals surface area contributed by atoms with Gasteiger partial charge in [0.2, 0.25) is 0 Å². The molecule has 1 saturated carbocycles. The van der Waals surface area contributed by atoms with E-state index in [1.807, 2.05) is 4.68 Å². The number of likely N-dealkylation sites (tertiary alicyclic amines) is 1. The van der Waals surface area contributed by atoms with Crippen LogP contribution in [0.4, 0.5) is 0 Å². The van der Waals surface area contributed by atoms with Crippen molar-refractivity contribution >= 4 is 12.2 Å². The smallest absolute Gasteiger partial charge is 0.199 e.